The Morgan fingerprint density at radius 3 is 2.87 bits per heavy atom. The fraction of sp³-hybridized carbons (Fsp3) is 0.250. The highest BCUT2D eigenvalue weighted by molar-refractivity contribution is 6.31. The van der Waals surface area contributed by atoms with E-state index in [9.17, 15) is 4.79 Å². The molecular formula is C12H14ClNO. The Hall–Kier alpha value is -1.28. The van der Waals surface area contributed by atoms with Crippen LogP contribution in [0.15, 0.2) is 30.9 Å². The first-order chi connectivity index (χ1) is 7.15. The molecule has 1 aromatic rings. The number of allylic oxidation sites excluding steroid dienone is 1. The predicted octanol–water partition coefficient (Wildman–Crippen LogP) is 3.46. The highest BCUT2D eigenvalue weighted by Gasteiger charge is 2.08. The van der Waals surface area contributed by atoms with E-state index in [-0.39, 0.29) is 5.78 Å². The molecule has 0 aromatic heterocycles. The van der Waals surface area contributed by atoms with Crippen molar-refractivity contribution in [2.75, 3.05) is 5.73 Å². The number of benzene rings is 1. The van der Waals surface area contributed by atoms with E-state index < -0.39 is 0 Å². The lowest BCUT2D eigenvalue weighted by Crippen LogP contribution is -2.03. The van der Waals surface area contributed by atoms with Crippen LogP contribution in [0.2, 0.25) is 5.02 Å². The molecule has 0 spiro atoms. The topological polar surface area (TPSA) is 43.1 Å². The fourth-order valence-corrected chi connectivity index (χ4v) is 1.51. The molecule has 0 saturated carbocycles. The van der Waals surface area contributed by atoms with Gasteiger partial charge in [0, 0.05) is 22.7 Å². The first-order valence-corrected chi connectivity index (χ1v) is 5.22. The lowest BCUT2D eigenvalue weighted by molar-refractivity contribution is 0.0981. The van der Waals surface area contributed by atoms with Gasteiger partial charge in [0.1, 0.15) is 0 Å². The molecule has 0 aliphatic heterocycles. The summed E-state index contributed by atoms with van der Waals surface area (Å²) in [6, 6.07) is 4.95. The van der Waals surface area contributed by atoms with Gasteiger partial charge < -0.3 is 5.73 Å². The standard InChI is InChI=1S/C12H14ClNO/c1-2-3-4-5-12(15)10-7-6-9(13)8-11(10)14/h2,6-8H,1,3-5,14H2. The molecule has 1 rings (SSSR count). The Morgan fingerprint density at radius 1 is 1.53 bits per heavy atom. The molecule has 15 heavy (non-hydrogen) atoms. The number of Topliss-reactive ketones (excluding diaryl/α,β-unsaturated/α-hetero) is 1. The Kier molecular flexibility index (Phi) is 4.37. The molecule has 3 heteroatoms. The molecule has 2 nitrogen and oxygen atoms in total. The second kappa shape index (κ2) is 5.56. The summed E-state index contributed by atoms with van der Waals surface area (Å²) < 4.78 is 0. The summed E-state index contributed by atoms with van der Waals surface area (Å²) in [5.41, 5.74) is 6.71. The lowest BCUT2D eigenvalue weighted by Gasteiger charge is -2.04. The van der Waals surface area contributed by atoms with Crippen LogP contribution in [0.3, 0.4) is 0 Å². The van der Waals surface area contributed by atoms with Crippen molar-refractivity contribution in [1.29, 1.82) is 0 Å². The Labute approximate surface area is 94.7 Å². The number of carbonyl (C=O) groups excluding carboxylic acids is 1. The molecule has 0 aliphatic rings. The van der Waals surface area contributed by atoms with Crippen LogP contribution in [0.4, 0.5) is 5.69 Å². The maximum atomic E-state index is 11.7. The normalized spacial score (nSPS) is 9.93. The monoisotopic (exact) mass is 223 g/mol. The molecule has 0 bridgehead atoms. The molecule has 0 heterocycles. The van der Waals surface area contributed by atoms with E-state index >= 15 is 0 Å². The number of halogens is 1. The zero-order chi connectivity index (χ0) is 11.3. The predicted molar refractivity (Wildman–Crippen MR) is 64.2 cm³/mol. The molecule has 0 unspecified atom stereocenters. The van der Waals surface area contributed by atoms with Gasteiger partial charge in [-0.3, -0.25) is 4.79 Å². The minimum Gasteiger partial charge on any atom is -0.398 e. The van der Waals surface area contributed by atoms with Crippen molar-refractivity contribution in [3.8, 4) is 0 Å². The van der Waals surface area contributed by atoms with Crippen LogP contribution in [0.25, 0.3) is 0 Å². The molecule has 0 amide bonds. The summed E-state index contributed by atoms with van der Waals surface area (Å²) in [6.45, 7) is 3.61. The van der Waals surface area contributed by atoms with E-state index in [2.05, 4.69) is 6.58 Å². The number of ketones is 1. The van der Waals surface area contributed by atoms with Crippen molar-refractivity contribution in [3.63, 3.8) is 0 Å². The van der Waals surface area contributed by atoms with E-state index in [1.54, 1.807) is 24.3 Å². The van der Waals surface area contributed by atoms with Gasteiger partial charge in [-0.25, -0.2) is 0 Å². The van der Waals surface area contributed by atoms with Gasteiger partial charge in [0.05, 0.1) is 0 Å². The average molecular weight is 224 g/mol. The van der Waals surface area contributed by atoms with E-state index in [1.165, 1.54) is 0 Å². The Morgan fingerprint density at radius 2 is 2.27 bits per heavy atom. The highest BCUT2D eigenvalue weighted by Crippen LogP contribution is 2.20. The molecule has 0 atom stereocenters. The average Bonchev–Trinajstić information content (AvgIpc) is 2.17. The van der Waals surface area contributed by atoms with Gasteiger partial charge in [-0.05, 0) is 31.0 Å². The van der Waals surface area contributed by atoms with Crippen LogP contribution < -0.4 is 5.73 Å². The van der Waals surface area contributed by atoms with E-state index in [0.717, 1.165) is 12.8 Å². The first-order valence-electron chi connectivity index (χ1n) is 4.84. The van der Waals surface area contributed by atoms with Crippen LogP contribution in [-0.2, 0) is 0 Å². The fourth-order valence-electron chi connectivity index (χ4n) is 1.33. The molecule has 0 saturated heterocycles. The Balaban J connectivity index is 2.69. The molecular weight excluding hydrogens is 210 g/mol. The number of nitrogens with two attached hydrogens (primary N) is 1. The molecule has 0 fully saturated rings. The number of carbonyl (C=O) groups is 1. The van der Waals surface area contributed by atoms with Crippen LogP contribution in [-0.4, -0.2) is 5.78 Å². The summed E-state index contributed by atoms with van der Waals surface area (Å²) in [4.78, 5) is 11.7. The lowest BCUT2D eigenvalue weighted by atomic mass is 10.0. The van der Waals surface area contributed by atoms with Crippen LogP contribution in [0.5, 0.6) is 0 Å². The van der Waals surface area contributed by atoms with E-state index in [4.69, 9.17) is 17.3 Å². The Bertz CT molecular complexity index is 374. The minimum absolute atomic E-state index is 0.0611. The number of hydrogen-bond donors (Lipinski definition) is 1. The summed E-state index contributed by atoms with van der Waals surface area (Å²) in [5.74, 6) is 0.0611. The number of anilines is 1. The summed E-state index contributed by atoms with van der Waals surface area (Å²) >= 11 is 5.74. The minimum atomic E-state index is 0.0611. The third-order valence-corrected chi connectivity index (χ3v) is 2.36. The SMILES string of the molecule is C=CCCCC(=O)c1ccc(Cl)cc1N. The summed E-state index contributed by atoms with van der Waals surface area (Å²) in [6.07, 6.45) is 3.96. The van der Waals surface area contributed by atoms with Crippen molar-refractivity contribution in [2.45, 2.75) is 19.3 Å². The van der Waals surface area contributed by atoms with Crippen molar-refractivity contribution in [2.24, 2.45) is 0 Å². The summed E-state index contributed by atoms with van der Waals surface area (Å²) in [5, 5.41) is 0.551. The van der Waals surface area contributed by atoms with Crippen molar-refractivity contribution in [3.05, 3.63) is 41.4 Å². The highest BCUT2D eigenvalue weighted by atomic mass is 35.5. The maximum absolute atomic E-state index is 11.7. The van der Waals surface area contributed by atoms with Crippen molar-refractivity contribution in [1.82, 2.24) is 0 Å². The molecule has 0 aliphatic carbocycles. The third kappa shape index (κ3) is 3.40. The van der Waals surface area contributed by atoms with Gasteiger partial charge >= 0.3 is 0 Å². The number of unbranched alkanes of at least 4 members (excludes halogenated alkanes) is 1. The largest absolute Gasteiger partial charge is 0.398 e. The quantitative estimate of drug-likeness (QED) is 0.360. The van der Waals surface area contributed by atoms with Crippen LogP contribution in [0.1, 0.15) is 29.6 Å². The van der Waals surface area contributed by atoms with Gasteiger partial charge in [-0.15, -0.1) is 6.58 Å². The van der Waals surface area contributed by atoms with E-state index in [0.29, 0.717) is 22.7 Å². The number of hydrogen-bond acceptors (Lipinski definition) is 2. The number of nitrogen functional groups attached to an aromatic ring is 1. The molecule has 0 radical (unpaired) electrons. The number of rotatable bonds is 5. The van der Waals surface area contributed by atoms with Crippen LogP contribution >= 0.6 is 11.6 Å². The zero-order valence-corrected chi connectivity index (χ0v) is 9.26. The molecule has 2 N–H and O–H groups in total. The van der Waals surface area contributed by atoms with E-state index in [1.807, 2.05) is 0 Å². The smallest absolute Gasteiger partial charge is 0.164 e. The van der Waals surface area contributed by atoms with Gasteiger partial charge in [-0.2, -0.15) is 0 Å². The van der Waals surface area contributed by atoms with Gasteiger partial charge in [0.25, 0.3) is 0 Å². The maximum Gasteiger partial charge on any atom is 0.164 e. The second-order valence-corrected chi connectivity index (χ2v) is 3.77. The molecule has 80 valence electrons. The third-order valence-electron chi connectivity index (χ3n) is 2.13. The van der Waals surface area contributed by atoms with Gasteiger partial charge in [0.2, 0.25) is 0 Å². The van der Waals surface area contributed by atoms with Gasteiger partial charge in [-0.1, -0.05) is 17.7 Å². The van der Waals surface area contributed by atoms with Crippen molar-refractivity contribution >= 4 is 23.1 Å². The van der Waals surface area contributed by atoms with Gasteiger partial charge in [0.15, 0.2) is 5.78 Å². The van der Waals surface area contributed by atoms with Crippen LogP contribution in [0, 0.1) is 0 Å². The first kappa shape index (κ1) is 11.8. The van der Waals surface area contributed by atoms with Crippen molar-refractivity contribution < 1.29 is 4.79 Å². The zero-order valence-electron chi connectivity index (χ0n) is 8.50. The molecule has 1 aromatic carbocycles. The summed E-state index contributed by atoms with van der Waals surface area (Å²) in [7, 11) is 0. The second-order valence-electron chi connectivity index (χ2n) is 3.34.